The predicted octanol–water partition coefficient (Wildman–Crippen LogP) is 3.01. The number of ether oxygens (including phenoxy) is 2. The lowest BCUT2D eigenvalue weighted by molar-refractivity contribution is -0.121. The molecule has 2 rings (SSSR count). The zero-order chi connectivity index (χ0) is 16.8. The first-order valence-corrected chi connectivity index (χ1v) is 8.30. The van der Waals surface area contributed by atoms with Crippen LogP contribution in [0.15, 0.2) is 18.2 Å². The van der Waals surface area contributed by atoms with Gasteiger partial charge in [-0.25, -0.2) is 0 Å². The van der Waals surface area contributed by atoms with Gasteiger partial charge in [0.25, 0.3) is 0 Å². The zero-order valence-electron chi connectivity index (χ0n) is 14.6. The molecule has 0 bridgehead atoms. The van der Waals surface area contributed by atoms with Gasteiger partial charge in [-0.3, -0.25) is 4.79 Å². The summed E-state index contributed by atoms with van der Waals surface area (Å²) in [6.07, 6.45) is 2.02. The third-order valence-corrected chi connectivity index (χ3v) is 4.00. The molecule has 1 N–H and O–H groups in total. The summed E-state index contributed by atoms with van der Waals surface area (Å²) >= 11 is 0. The summed E-state index contributed by atoms with van der Waals surface area (Å²) in [5.74, 6) is 1.91. The summed E-state index contributed by atoms with van der Waals surface area (Å²) in [6, 6.07) is 5.52. The Bertz CT molecular complexity index is 531. The molecule has 5 nitrogen and oxygen atoms in total. The molecule has 1 aromatic rings. The fourth-order valence-electron chi connectivity index (χ4n) is 2.75. The Morgan fingerprint density at radius 3 is 2.83 bits per heavy atom. The third-order valence-electron chi connectivity index (χ3n) is 4.00. The summed E-state index contributed by atoms with van der Waals surface area (Å²) in [5.41, 5.74) is 0.753. The Morgan fingerprint density at radius 2 is 2.17 bits per heavy atom. The molecule has 1 atom stereocenters. The number of amides is 1. The summed E-state index contributed by atoms with van der Waals surface area (Å²) < 4.78 is 11.1. The molecular weight excluding hydrogens is 292 g/mol. The Hall–Kier alpha value is -1.75. The highest BCUT2D eigenvalue weighted by Crippen LogP contribution is 2.31. The van der Waals surface area contributed by atoms with Crippen molar-refractivity contribution in [3.05, 3.63) is 18.2 Å². The van der Waals surface area contributed by atoms with E-state index in [4.69, 9.17) is 9.47 Å². The van der Waals surface area contributed by atoms with Crippen molar-refractivity contribution in [2.75, 3.05) is 39.2 Å². The molecule has 1 aliphatic heterocycles. The van der Waals surface area contributed by atoms with E-state index in [9.17, 15) is 4.79 Å². The number of hydrogen-bond donors (Lipinski definition) is 1. The topological polar surface area (TPSA) is 50.8 Å². The molecule has 1 aliphatic rings. The number of carbonyl (C=O) groups excluding carboxylic acids is 1. The van der Waals surface area contributed by atoms with E-state index >= 15 is 0 Å². The molecule has 1 fully saturated rings. The Kier molecular flexibility index (Phi) is 6.28. The van der Waals surface area contributed by atoms with Crippen LogP contribution in [-0.4, -0.2) is 44.7 Å². The number of benzene rings is 1. The van der Waals surface area contributed by atoms with Gasteiger partial charge in [0, 0.05) is 18.3 Å². The molecular formula is C18H28N2O3. The van der Waals surface area contributed by atoms with Crippen LogP contribution in [0.25, 0.3) is 0 Å². The molecule has 5 heteroatoms. The van der Waals surface area contributed by atoms with E-state index in [0.717, 1.165) is 31.6 Å². The second-order valence-electron chi connectivity index (χ2n) is 6.66. The van der Waals surface area contributed by atoms with Crippen molar-refractivity contribution in [1.29, 1.82) is 0 Å². The Labute approximate surface area is 139 Å². The lowest BCUT2D eigenvalue weighted by Crippen LogP contribution is -2.38. The SMILES string of the molecule is COc1ccc(NC(=O)[C@H]2CCCN(C)C2)cc1OCC(C)C. The smallest absolute Gasteiger partial charge is 0.228 e. The maximum atomic E-state index is 12.4. The van der Waals surface area contributed by atoms with Gasteiger partial charge < -0.3 is 19.7 Å². The van der Waals surface area contributed by atoms with Crippen molar-refractivity contribution in [2.24, 2.45) is 11.8 Å². The van der Waals surface area contributed by atoms with Crippen LogP contribution in [0.2, 0.25) is 0 Å². The minimum absolute atomic E-state index is 0.0517. The van der Waals surface area contributed by atoms with Crippen molar-refractivity contribution >= 4 is 11.6 Å². The van der Waals surface area contributed by atoms with E-state index in [-0.39, 0.29) is 11.8 Å². The summed E-state index contributed by atoms with van der Waals surface area (Å²) in [5, 5.41) is 3.01. The minimum atomic E-state index is 0.0517. The van der Waals surface area contributed by atoms with Crippen molar-refractivity contribution in [2.45, 2.75) is 26.7 Å². The number of anilines is 1. The van der Waals surface area contributed by atoms with Crippen molar-refractivity contribution in [3.63, 3.8) is 0 Å². The molecule has 0 radical (unpaired) electrons. The highest BCUT2D eigenvalue weighted by Gasteiger charge is 2.24. The number of nitrogens with zero attached hydrogens (tertiary/aromatic N) is 1. The van der Waals surface area contributed by atoms with Gasteiger partial charge in [-0.05, 0) is 44.5 Å². The van der Waals surface area contributed by atoms with Crippen LogP contribution in [0.1, 0.15) is 26.7 Å². The second-order valence-corrected chi connectivity index (χ2v) is 6.66. The first-order chi connectivity index (χ1) is 11.0. The number of methoxy groups -OCH3 is 1. The minimum Gasteiger partial charge on any atom is -0.493 e. The highest BCUT2D eigenvalue weighted by molar-refractivity contribution is 5.93. The average molecular weight is 320 g/mol. The standard InChI is InChI=1S/C18H28N2O3/c1-13(2)12-23-17-10-15(7-8-16(17)22-4)19-18(21)14-6-5-9-20(3)11-14/h7-8,10,13-14H,5-6,9,11-12H2,1-4H3,(H,19,21)/t14-/m0/s1. The monoisotopic (exact) mass is 320 g/mol. The fourth-order valence-corrected chi connectivity index (χ4v) is 2.75. The summed E-state index contributed by atoms with van der Waals surface area (Å²) in [7, 11) is 3.68. The molecule has 0 aliphatic carbocycles. The largest absolute Gasteiger partial charge is 0.493 e. The molecule has 1 saturated heterocycles. The van der Waals surface area contributed by atoms with E-state index in [1.54, 1.807) is 7.11 Å². The molecule has 0 saturated carbocycles. The van der Waals surface area contributed by atoms with Gasteiger partial charge in [0.05, 0.1) is 19.6 Å². The number of likely N-dealkylation sites (tertiary alicyclic amines) is 1. The molecule has 0 aromatic heterocycles. The lowest BCUT2D eigenvalue weighted by Gasteiger charge is -2.28. The molecule has 1 heterocycles. The van der Waals surface area contributed by atoms with Gasteiger partial charge in [0.1, 0.15) is 0 Å². The third kappa shape index (κ3) is 5.13. The molecule has 1 aromatic carbocycles. The summed E-state index contributed by atoms with van der Waals surface area (Å²) in [6.45, 7) is 6.69. The van der Waals surface area contributed by atoms with Crippen LogP contribution in [0, 0.1) is 11.8 Å². The van der Waals surface area contributed by atoms with E-state index in [2.05, 4.69) is 31.1 Å². The number of rotatable bonds is 6. The van der Waals surface area contributed by atoms with E-state index in [1.165, 1.54) is 0 Å². The Balaban J connectivity index is 2.04. The number of carbonyl (C=O) groups is 1. The van der Waals surface area contributed by atoms with Gasteiger partial charge in [0.2, 0.25) is 5.91 Å². The van der Waals surface area contributed by atoms with E-state index < -0.39 is 0 Å². The van der Waals surface area contributed by atoms with Gasteiger partial charge in [-0.1, -0.05) is 13.8 Å². The second kappa shape index (κ2) is 8.20. The lowest BCUT2D eigenvalue weighted by atomic mass is 9.97. The molecule has 128 valence electrons. The van der Waals surface area contributed by atoms with Crippen LogP contribution < -0.4 is 14.8 Å². The van der Waals surface area contributed by atoms with Gasteiger partial charge in [-0.2, -0.15) is 0 Å². The van der Waals surface area contributed by atoms with Crippen LogP contribution in [-0.2, 0) is 4.79 Å². The van der Waals surface area contributed by atoms with Crippen molar-refractivity contribution < 1.29 is 14.3 Å². The van der Waals surface area contributed by atoms with Gasteiger partial charge in [-0.15, -0.1) is 0 Å². The molecule has 0 spiro atoms. The van der Waals surface area contributed by atoms with Gasteiger partial charge >= 0.3 is 0 Å². The zero-order valence-corrected chi connectivity index (χ0v) is 14.6. The van der Waals surface area contributed by atoms with E-state index in [1.807, 2.05) is 18.2 Å². The molecule has 1 amide bonds. The van der Waals surface area contributed by atoms with Crippen molar-refractivity contribution in [3.8, 4) is 11.5 Å². The predicted molar refractivity (Wildman–Crippen MR) is 92.2 cm³/mol. The maximum Gasteiger partial charge on any atom is 0.228 e. The van der Waals surface area contributed by atoms with E-state index in [0.29, 0.717) is 24.0 Å². The van der Waals surface area contributed by atoms with Crippen LogP contribution in [0.4, 0.5) is 5.69 Å². The normalized spacial score (nSPS) is 18.7. The van der Waals surface area contributed by atoms with Crippen molar-refractivity contribution in [1.82, 2.24) is 4.90 Å². The first-order valence-electron chi connectivity index (χ1n) is 8.30. The quantitative estimate of drug-likeness (QED) is 0.875. The number of nitrogens with one attached hydrogen (secondary N) is 1. The van der Waals surface area contributed by atoms with Gasteiger partial charge in [0.15, 0.2) is 11.5 Å². The summed E-state index contributed by atoms with van der Waals surface area (Å²) in [4.78, 5) is 14.6. The van der Waals surface area contributed by atoms with Crippen LogP contribution in [0.5, 0.6) is 11.5 Å². The number of piperidine rings is 1. The van der Waals surface area contributed by atoms with Crippen LogP contribution in [0.3, 0.4) is 0 Å². The number of hydrogen-bond acceptors (Lipinski definition) is 4. The van der Waals surface area contributed by atoms with Crippen LogP contribution >= 0.6 is 0 Å². The highest BCUT2D eigenvalue weighted by atomic mass is 16.5. The first kappa shape index (κ1) is 17.6. The molecule has 23 heavy (non-hydrogen) atoms. The fraction of sp³-hybridized carbons (Fsp3) is 0.611. The maximum absolute atomic E-state index is 12.4. The molecule has 0 unspecified atom stereocenters. The Morgan fingerprint density at radius 1 is 1.39 bits per heavy atom. The average Bonchev–Trinajstić information content (AvgIpc) is 2.53.